The van der Waals surface area contributed by atoms with Gasteiger partial charge in [-0.25, -0.2) is 0 Å². The average molecular weight is 274 g/mol. The predicted octanol–water partition coefficient (Wildman–Crippen LogP) is 1.84. The highest BCUT2D eigenvalue weighted by Gasteiger charge is 2.16. The van der Waals surface area contributed by atoms with E-state index in [9.17, 15) is 4.79 Å². The number of amides is 1. The fourth-order valence-corrected chi connectivity index (χ4v) is 1.84. The third-order valence-electron chi connectivity index (χ3n) is 2.90. The number of nitrogens with zero attached hydrogens (tertiary/aromatic N) is 2. The van der Waals surface area contributed by atoms with Gasteiger partial charge in [0.15, 0.2) is 5.82 Å². The molecule has 0 saturated carbocycles. The summed E-state index contributed by atoms with van der Waals surface area (Å²) >= 11 is 0. The highest BCUT2D eigenvalue weighted by Crippen LogP contribution is 2.26. The Kier molecular flexibility index (Phi) is 4.47. The zero-order valence-corrected chi connectivity index (χ0v) is 11.8. The van der Waals surface area contributed by atoms with E-state index in [2.05, 4.69) is 20.8 Å². The highest BCUT2D eigenvalue weighted by molar-refractivity contribution is 5.95. The molecule has 0 bridgehead atoms. The summed E-state index contributed by atoms with van der Waals surface area (Å²) in [6.45, 7) is 4.24. The van der Waals surface area contributed by atoms with Gasteiger partial charge >= 0.3 is 0 Å². The van der Waals surface area contributed by atoms with Crippen molar-refractivity contribution in [2.24, 2.45) is 5.92 Å². The largest absolute Gasteiger partial charge is 0.334 e. The first-order valence-corrected chi connectivity index (χ1v) is 6.47. The van der Waals surface area contributed by atoms with E-state index in [0.717, 1.165) is 5.56 Å². The summed E-state index contributed by atoms with van der Waals surface area (Å²) in [5.74, 6) is 0.782. The van der Waals surface area contributed by atoms with Crippen LogP contribution in [0.1, 0.15) is 12.7 Å². The first-order valence-electron chi connectivity index (χ1n) is 6.47. The number of carbonyl (C=O) groups is 1. The Morgan fingerprint density at radius 1 is 1.40 bits per heavy atom. The van der Waals surface area contributed by atoms with Gasteiger partial charge in [-0.2, -0.15) is 4.98 Å². The van der Waals surface area contributed by atoms with Gasteiger partial charge in [0.1, 0.15) is 0 Å². The molecule has 2 rings (SSSR count). The first kappa shape index (κ1) is 14.2. The van der Waals surface area contributed by atoms with Crippen LogP contribution < -0.4 is 10.6 Å². The van der Waals surface area contributed by atoms with Gasteiger partial charge in [-0.1, -0.05) is 24.2 Å². The van der Waals surface area contributed by atoms with Crippen LogP contribution in [0.4, 0.5) is 5.69 Å². The summed E-state index contributed by atoms with van der Waals surface area (Å²) in [6.07, 6.45) is 0. The zero-order valence-electron chi connectivity index (χ0n) is 11.8. The quantitative estimate of drug-likeness (QED) is 0.869. The SMILES string of the molecule is CNCC(C)C(=O)Nc1ccccc1-c1nc(C)no1. The second-order valence-electron chi connectivity index (χ2n) is 4.64. The number of carbonyl (C=O) groups excluding carboxylic acids is 1. The minimum absolute atomic E-state index is 0.0527. The van der Waals surface area contributed by atoms with Crippen molar-refractivity contribution in [2.75, 3.05) is 18.9 Å². The number of nitrogens with one attached hydrogen (secondary N) is 2. The van der Waals surface area contributed by atoms with Crippen molar-refractivity contribution >= 4 is 11.6 Å². The van der Waals surface area contributed by atoms with Gasteiger partial charge in [0.05, 0.1) is 11.3 Å². The molecule has 0 radical (unpaired) electrons. The molecular formula is C14H18N4O2. The average Bonchev–Trinajstić information content (AvgIpc) is 2.86. The number of aromatic nitrogens is 2. The molecule has 0 fully saturated rings. The Hall–Kier alpha value is -2.21. The number of anilines is 1. The molecule has 2 N–H and O–H groups in total. The second-order valence-corrected chi connectivity index (χ2v) is 4.64. The third kappa shape index (κ3) is 3.21. The van der Waals surface area contributed by atoms with Crippen LogP contribution in [0.15, 0.2) is 28.8 Å². The van der Waals surface area contributed by atoms with Crippen LogP contribution in [0.25, 0.3) is 11.5 Å². The lowest BCUT2D eigenvalue weighted by atomic mass is 10.1. The van der Waals surface area contributed by atoms with Crippen molar-refractivity contribution in [2.45, 2.75) is 13.8 Å². The maximum atomic E-state index is 12.1. The van der Waals surface area contributed by atoms with E-state index in [-0.39, 0.29) is 11.8 Å². The Morgan fingerprint density at radius 3 is 2.80 bits per heavy atom. The number of hydrogen-bond donors (Lipinski definition) is 2. The summed E-state index contributed by atoms with van der Waals surface area (Å²) < 4.78 is 5.16. The van der Waals surface area contributed by atoms with Gasteiger partial charge in [0.2, 0.25) is 5.91 Å². The molecule has 0 aliphatic heterocycles. The summed E-state index contributed by atoms with van der Waals surface area (Å²) in [5.41, 5.74) is 1.39. The fraction of sp³-hybridized carbons (Fsp3) is 0.357. The topological polar surface area (TPSA) is 80.0 Å². The molecule has 1 aromatic heterocycles. The molecule has 1 unspecified atom stereocenters. The lowest BCUT2D eigenvalue weighted by molar-refractivity contribution is -0.119. The minimum Gasteiger partial charge on any atom is -0.334 e. The van der Waals surface area contributed by atoms with E-state index in [0.29, 0.717) is 23.9 Å². The standard InChI is InChI=1S/C14H18N4O2/c1-9(8-15-3)13(19)17-12-7-5-4-6-11(12)14-16-10(2)18-20-14/h4-7,9,15H,8H2,1-3H3,(H,17,19). The molecule has 0 aliphatic carbocycles. The van der Waals surface area contributed by atoms with Crippen LogP contribution in [0.2, 0.25) is 0 Å². The maximum absolute atomic E-state index is 12.1. The Morgan fingerprint density at radius 2 is 2.15 bits per heavy atom. The van der Waals surface area contributed by atoms with Gasteiger partial charge in [0.25, 0.3) is 5.89 Å². The van der Waals surface area contributed by atoms with Crippen LogP contribution in [-0.4, -0.2) is 29.6 Å². The first-order chi connectivity index (χ1) is 9.61. The van der Waals surface area contributed by atoms with Crippen LogP contribution in [0, 0.1) is 12.8 Å². The molecule has 1 atom stereocenters. The second kappa shape index (κ2) is 6.29. The molecule has 1 aromatic carbocycles. The summed E-state index contributed by atoms with van der Waals surface area (Å²) in [4.78, 5) is 16.3. The van der Waals surface area contributed by atoms with Crippen molar-refractivity contribution < 1.29 is 9.32 Å². The smallest absolute Gasteiger partial charge is 0.260 e. The number of hydrogen-bond acceptors (Lipinski definition) is 5. The van der Waals surface area contributed by atoms with E-state index in [1.807, 2.05) is 38.2 Å². The van der Waals surface area contributed by atoms with E-state index in [1.165, 1.54) is 0 Å². The molecule has 1 heterocycles. The van der Waals surface area contributed by atoms with Crippen LogP contribution in [0.3, 0.4) is 0 Å². The molecule has 20 heavy (non-hydrogen) atoms. The lowest BCUT2D eigenvalue weighted by Gasteiger charge is -2.13. The molecule has 1 amide bonds. The molecular weight excluding hydrogens is 256 g/mol. The maximum Gasteiger partial charge on any atom is 0.260 e. The summed E-state index contributed by atoms with van der Waals surface area (Å²) in [5, 5.41) is 9.65. The Balaban J connectivity index is 2.22. The molecule has 0 aliphatic rings. The van der Waals surface area contributed by atoms with Crippen molar-refractivity contribution in [1.82, 2.24) is 15.5 Å². The summed E-state index contributed by atoms with van der Waals surface area (Å²) in [7, 11) is 1.82. The van der Waals surface area contributed by atoms with E-state index in [4.69, 9.17) is 4.52 Å². The predicted molar refractivity (Wildman–Crippen MR) is 76.2 cm³/mol. The number of para-hydroxylation sites is 1. The van der Waals surface area contributed by atoms with Gasteiger partial charge < -0.3 is 15.2 Å². The number of aryl methyl sites for hydroxylation is 1. The normalized spacial score (nSPS) is 12.2. The third-order valence-corrected chi connectivity index (χ3v) is 2.90. The van der Waals surface area contributed by atoms with Crippen molar-refractivity contribution in [3.8, 4) is 11.5 Å². The van der Waals surface area contributed by atoms with E-state index in [1.54, 1.807) is 6.92 Å². The molecule has 0 saturated heterocycles. The van der Waals surface area contributed by atoms with Crippen molar-refractivity contribution in [1.29, 1.82) is 0 Å². The molecule has 6 heteroatoms. The highest BCUT2D eigenvalue weighted by atomic mass is 16.5. The van der Waals surface area contributed by atoms with Crippen LogP contribution in [-0.2, 0) is 4.79 Å². The van der Waals surface area contributed by atoms with Gasteiger partial charge in [-0.3, -0.25) is 4.79 Å². The monoisotopic (exact) mass is 274 g/mol. The Labute approximate surface area is 117 Å². The number of benzene rings is 1. The minimum atomic E-state index is -0.127. The lowest BCUT2D eigenvalue weighted by Crippen LogP contribution is -2.28. The molecule has 106 valence electrons. The zero-order chi connectivity index (χ0) is 14.5. The van der Waals surface area contributed by atoms with Gasteiger partial charge in [-0.15, -0.1) is 0 Å². The fourth-order valence-electron chi connectivity index (χ4n) is 1.84. The molecule has 6 nitrogen and oxygen atoms in total. The van der Waals surface area contributed by atoms with Crippen LogP contribution >= 0.6 is 0 Å². The van der Waals surface area contributed by atoms with E-state index >= 15 is 0 Å². The summed E-state index contributed by atoms with van der Waals surface area (Å²) in [6, 6.07) is 7.37. The van der Waals surface area contributed by atoms with E-state index < -0.39 is 0 Å². The van der Waals surface area contributed by atoms with Crippen LogP contribution in [0.5, 0.6) is 0 Å². The van der Waals surface area contributed by atoms with Gasteiger partial charge in [0, 0.05) is 12.5 Å². The van der Waals surface area contributed by atoms with Crippen molar-refractivity contribution in [3.05, 3.63) is 30.1 Å². The Bertz CT molecular complexity index is 594. The molecule has 2 aromatic rings. The van der Waals surface area contributed by atoms with Gasteiger partial charge in [-0.05, 0) is 26.1 Å². The molecule has 0 spiro atoms. The van der Waals surface area contributed by atoms with Crippen molar-refractivity contribution in [3.63, 3.8) is 0 Å². The number of rotatable bonds is 5.